The van der Waals surface area contributed by atoms with E-state index in [1.54, 1.807) is 54.6 Å². The van der Waals surface area contributed by atoms with Gasteiger partial charge in [-0.15, -0.1) is 0 Å². The van der Waals surface area contributed by atoms with Crippen LogP contribution in [0.5, 0.6) is 0 Å². The molecule has 0 radical (unpaired) electrons. The Labute approximate surface area is 185 Å². The van der Waals surface area contributed by atoms with Crippen molar-refractivity contribution in [2.45, 2.75) is 6.54 Å². The van der Waals surface area contributed by atoms with Crippen molar-refractivity contribution < 1.29 is 18.8 Å². The third-order valence-electron chi connectivity index (χ3n) is 4.57. The zero-order valence-electron chi connectivity index (χ0n) is 16.0. The van der Waals surface area contributed by atoms with Gasteiger partial charge in [0.15, 0.2) is 5.58 Å². The Morgan fingerprint density at radius 3 is 2.61 bits per heavy atom. The second kappa shape index (κ2) is 8.83. The van der Waals surface area contributed by atoms with Crippen molar-refractivity contribution in [3.05, 3.63) is 74.6 Å². The SMILES string of the molecule is O=C(Cn1c(=O)oc2ccccc21)NCCN1C(=O)SC(=Cc2ccc(Cl)cc2)C1=O. The van der Waals surface area contributed by atoms with Gasteiger partial charge < -0.3 is 9.73 Å². The minimum absolute atomic E-state index is 0.0232. The molecule has 158 valence electrons. The monoisotopic (exact) mass is 457 g/mol. The van der Waals surface area contributed by atoms with E-state index in [1.807, 2.05) is 0 Å². The minimum atomic E-state index is -0.630. The zero-order valence-corrected chi connectivity index (χ0v) is 17.6. The van der Waals surface area contributed by atoms with Crippen molar-refractivity contribution >= 4 is 57.6 Å². The van der Waals surface area contributed by atoms with Gasteiger partial charge in [-0.2, -0.15) is 0 Å². The van der Waals surface area contributed by atoms with Crippen LogP contribution in [0.25, 0.3) is 17.2 Å². The fourth-order valence-corrected chi connectivity index (χ4v) is 4.06. The van der Waals surface area contributed by atoms with Gasteiger partial charge in [0.2, 0.25) is 5.91 Å². The van der Waals surface area contributed by atoms with Crippen molar-refractivity contribution in [1.82, 2.24) is 14.8 Å². The summed E-state index contributed by atoms with van der Waals surface area (Å²) < 4.78 is 6.32. The molecular formula is C21H16ClN3O5S. The third kappa shape index (κ3) is 4.57. The molecule has 1 aliphatic heterocycles. The van der Waals surface area contributed by atoms with Gasteiger partial charge in [-0.25, -0.2) is 4.79 Å². The van der Waals surface area contributed by atoms with Crippen LogP contribution in [0, 0.1) is 0 Å². The van der Waals surface area contributed by atoms with Crippen LogP contribution in [-0.2, 0) is 16.1 Å². The number of thioether (sulfide) groups is 1. The average molecular weight is 458 g/mol. The molecule has 1 aliphatic rings. The highest BCUT2D eigenvalue weighted by Crippen LogP contribution is 2.32. The lowest BCUT2D eigenvalue weighted by atomic mass is 10.2. The van der Waals surface area contributed by atoms with Crippen LogP contribution in [0.3, 0.4) is 0 Å². The number of para-hydroxylation sites is 2. The summed E-state index contributed by atoms with van der Waals surface area (Å²) in [6, 6.07) is 13.7. The molecule has 3 aromatic rings. The van der Waals surface area contributed by atoms with Crippen LogP contribution < -0.4 is 11.1 Å². The lowest BCUT2D eigenvalue weighted by Gasteiger charge is -2.13. The summed E-state index contributed by atoms with van der Waals surface area (Å²) >= 11 is 6.70. The fourth-order valence-electron chi connectivity index (χ4n) is 3.07. The predicted molar refractivity (Wildman–Crippen MR) is 118 cm³/mol. The number of hydrogen-bond donors (Lipinski definition) is 1. The van der Waals surface area contributed by atoms with Crippen LogP contribution in [0.15, 0.2) is 62.6 Å². The molecule has 0 unspecified atom stereocenters. The maximum Gasteiger partial charge on any atom is 0.420 e. The number of nitrogens with one attached hydrogen (secondary N) is 1. The first kappa shape index (κ1) is 21.0. The Kier molecular flexibility index (Phi) is 5.97. The first-order valence-electron chi connectivity index (χ1n) is 9.28. The van der Waals surface area contributed by atoms with E-state index in [0.29, 0.717) is 21.0 Å². The maximum atomic E-state index is 12.5. The van der Waals surface area contributed by atoms with Gasteiger partial charge in [0.1, 0.15) is 6.54 Å². The first-order chi connectivity index (χ1) is 14.9. The smallest absolute Gasteiger partial charge is 0.408 e. The Morgan fingerprint density at radius 2 is 1.84 bits per heavy atom. The van der Waals surface area contributed by atoms with E-state index in [2.05, 4.69) is 5.32 Å². The Hall–Kier alpha value is -3.30. The van der Waals surface area contributed by atoms with E-state index in [0.717, 1.165) is 22.2 Å². The van der Waals surface area contributed by atoms with E-state index >= 15 is 0 Å². The van der Waals surface area contributed by atoms with E-state index in [9.17, 15) is 19.2 Å². The molecule has 3 amide bonds. The van der Waals surface area contributed by atoms with Crippen LogP contribution in [0.2, 0.25) is 5.02 Å². The van der Waals surface area contributed by atoms with Gasteiger partial charge in [0.05, 0.1) is 10.4 Å². The van der Waals surface area contributed by atoms with Gasteiger partial charge in [-0.3, -0.25) is 23.9 Å². The average Bonchev–Trinajstić information content (AvgIpc) is 3.20. The number of carbonyl (C=O) groups excluding carboxylic acids is 3. The topological polar surface area (TPSA) is 102 Å². The highest BCUT2D eigenvalue weighted by molar-refractivity contribution is 8.18. The van der Waals surface area contributed by atoms with E-state index in [-0.39, 0.29) is 19.6 Å². The summed E-state index contributed by atoms with van der Waals surface area (Å²) in [6.07, 6.45) is 1.62. The molecule has 0 bridgehead atoms. The fraction of sp³-hybridized carbons (Fsp3) is 0.143. The number of aromatic nitrogens is 1. The number of hydrogen-bond acceptors (Lipinski definition) is 6. The molecule has 1 N–H and O–H groups in total. The lowest BCUT2D eigenvalue weighted by Crippen LogP contribution is -2.39. The van der Waals surface area contributed by atoms with Gasteiger partial charge >= 0.3 is 5.76 Å². The molecule has 0 saturated carbocycles. The van der Waals surface area contributed by atoms with Crippen molar-refractivity contribution in [1.29, 1.82) is 0 Å². The molecule has 2 heterocycles. The van der Waals surface area contributed by atoms with E-state index < -0.39 is 22.8 Å². The molecule has 1 saturated heterocycles. The molecule has 8 nitrogen and oxygen atoms in total. The Balaban J connectivity index is 1.35. The van der Waals surface area contributed by atoms with Crippen LogP contribution in [-0.4, -0.2) is 39.6 Å². The normalized spacial score (nSPS) is 15.3. The molecule has 0 atom stereocenters. The van der Waals surface area contributed by atoms with Gasteiger partial charge in [-0.05, 0) is 47.7 Å². The molecule has 1 fully saturated rings. The molecule has 4 rings (SSSR count). The van der Waals surface area contributed by atoms with Gasteiger partial charge in [0.25, 0.3) is 11.1 Å². The predicted octanol–water partition coefficient (Wildman–Crippen LogP) is 3.10. The summed E-state index contributed by atoms with van der Waals surface area (Å²) in [4.78, 5) is 50.3. The van der Waals surface area contributed by atoms with E-state index in [4.69, 9.17) is 16.0 Å². The second-order valence-corrected chi connectivity index (χ2v) is 8.09. The number of nitrogens with zero attached hydrogens (tertiary/aromatic N) is 2. The maximum absolute atomic E-state index is 12.5. The zero-order chi connectivity index (χ0) is 22.0. The summed E-state index contributed by atoms with van der Waals surface area (Å²) in [7, 11) is 0. The highest BCUT2D eigenvalue weighted by atomic mass is 35.5. The molecule has 31 heavy (non-hydrogen) atoms. The largest absolute Gasteiger partial charge is 0.420 e. The number of fused-ring (bicyclic) bond motifs is 1. The Bertz CT molecular complexity index is 1260. The quantitative estimate of drug-likeness (QED) is 0.571. The van der Waals surface area contributed by atoms with Crippen LogP contribution in [0.4, 0.5) is 4.79 Å². The van der Waals surface area contributed by atoms with Crippen LogP contribution in [0.1, 0.15) is 5.56 Å². The van der Waals surface area contributed by atoms with Gasteiger partial charge in [-0.1, -0.05) is 35.9 Å². The van der Waals surface area contributed by atoms with Crippen molar-refractivity contribution in [2.24, 2.45) is 0 Å². The van der Waals surface area contributed by atoms with Crippen molar-refractivity contribution in [3.63, 3.8) is 0 Å². The number of halogens is 1. The summed E-state index contributed by atoms with van der Waals surface area (Å²) in [6.45, 7) is -0.140. The summed E-state index contributed by atoms with van der Waals surface area (Å²) in [5.74, 6) is -1.48. The number of imide groups is 1. The Morgan fingerprint density at radius 1 is 1.10 bits per heavy atom. The van der Waals surface area contributed by atoms with Crippen molar-refractivity contribution in [3.8, 4) is 0 Å². The highest BCUT2D eigenvalue weighted by Gasteiger charge is 2.34. The summed E-state index contributed by atoms with van der Waals surface area (Å²) in [5.41, 5.74) is 1.66. The number of oxazole rings is 1. The van der Waals surface area contributed by atoms with Gasteiger partial charge in [0, 0.05) is 18.1 Å². The number of carbonyl (C=O) groups is 3. The molecule has 0 aliphatic carbocycles. The lowest BCUT2D eigenvalue weighted by molar-refractivity contribution is -0.124. The first-order valence-corrected chi connectivity index (χ1v) is 10.5. The number of amides is 3. The number of benzene rings is 2. The molecule has 10 heteroatoms. The minimum Gasteiger partial charge on any atom is -0.408 e. The third-order valence-corrected chi connectivity index (χ3v) is 5.73. The summed E-state index contributed by atoms with van der Waals surface area (Å²) in [5, 5.41) is 2.79. The van der Waals surface area contributed by atoms with Crippen LogP contribution >= 0.6 is 23.4 Å². The molecule has 1 aromatic heterocycles. The molecule has 0 spiro atoms. The molecule has 2 aromatic carbocycles. The second-order valence-electron chi connectivity index (χ2n) is 6.66. The standard InChI is InChI=1S/C21H16ClN3O5S/c22-14-7-5-13(6-8-14)11-17-19(27)24(21(29)31-17)10-9-23-18(26)12-25-15-3-1-2-4-16(15)30-20(25)28/h1-8,11H,9-10,12H2,(H,23,26). The molecular weight excluding hydrogens is 442 g/mol. The van der Waals surface area contributed by atoms with Crippen molar-refractivity contribution in [2.75, 3.05) is 13.1 Å². The van der Waals surface area contributed by atoms with E-state index in [1.165, 1.54) is 4.57 Å². The number of rotatable bonds is 6.